The van der Waals surface area contributed by atoms with Crippen LogP contribution in [0.5, 0.6) is 0 Å². The lowest BCUT2D eigenvalue weighted by molar-refractivity contribution is -0.344. The molecule has 1 fully saturated rings. The first kappa shape index (κ1) is 21.4. The summed E-state index contributed by atoms with van der Waals surface area (Å²) in [6.07, 6.45) is -8.29. The SMILES string of the molecule is C=CCO[C@@]1(C(=O)O)O[C@@H]([C@H](O)[C@H](O)CO)[C@H](NC(C)=O)[C@@H](O)[C@H]1O. The second kappa shape index (κ2) is 8.67. The van der Waals surface area contributed by atoms with Gasteiger partial charge in [0.25, 0.3) is 5.79 Å². The molecule has 1 saturated heterocycles. The molecule has 0 aliphatic carbocycles. The Balaban J connectivity index is 3.32. The van der Waals surface area contributed by atoms with Gasteiger partial charge in [-0.25, -0.2) is 4.79 Å². The number of carboxylic acid groups (broad SMARTS) is 1. The zero-order chi connectivity index (χ0) is 19.4. The molecule has 0 bridgehead atoms. The van der Waals surface area contributed by atoms with Gasteiger partial charge in [-0.3, -0.25) is 4.79 Å². The van der Waals surface area contributed by atoms with Crippen LogP contribution in [0.4, 0.5) is 0 Å². The van der Waals surface area contributed by atoms with E-state index >= 15 is 0 Å². The van der Waals surface area contributed by atoms with Crippen molar-refractivity contribution in [3.05, 3.63) is 12.7 Å². The van der Waals surface area contributed by atoms with Gasteiger partial charge in [-0.1, -0.05) is 6.08 Å². The average molecular weight is 365 g/mol. The average Bonchev–Trinajstić information content (AvgIpc) is 2.56. The molecule has 0 unspecified atom stereocenters. The molecule has 0 aromatic carbocycles. The highest BCUT2D eigenvalue weighted by Gasteiger charge is 2.61. The highest BCUT2D eigenvalue weighted by atomic mass is 16.7. The topological polar surface area (TPSA) is 186 Å². The van der Waals surface area contributed by atoms with Gasteiger partial charge in [-0.05, 0) is 0 Å². The smallest absolute Gasteiger partial charge is 0.367 e. The normalized spacial score (nSPS) is 34.8. The Bertz CT molecular complexity index is 500. The minimum Gasteiger partial charge on any atom is -0.477 e. The maximum atomic E-state index is 11.6. The van der Waals surface area contributed by atoms with E-state index in [-0.39, 0.29) is 6.61 Å². The molecule has 1 amide bonds. The summed E-state index contributed by atoms with van der Waals surface area (Å²) >= 11 is 0. The predicted molar refractivity (Wildman–Crippen MR) is 80.1 cm³/mol. The third-order valence-corrected chi connectivity index (χ3v) is 3.75. The monoisotopic (exact) mass is 365 g/mol. The first-order chi connectivity index (χ1) is 11.6. The van der Waals surface area contributed by atoms with E-state index in [1.54, 1.807) is 0 Å². The number of aliphatic carboxylic acids is 1. The molecule has 0 spiro atoms. The molecule has 1 aliphatic rings. The number of hydrogen-bond acceptors (Lipinski definition) is 9. The second-order valence-electron chi connectivity index (χ2n) is 5.56. The van der Waals surface area contributed by atoms with E-state index in [2.05, 4.69) is 11.9 Å². The molecule has 7 atom stereocenters. The predicted octanol–water partition coefficient (Wildman–Crippen LogP) is -3.69. The van der Waals surface area contributed by atoms with E-state index in [1.165, 1.54) is 6.08 Å². The van der Waals surface area contributed by atoms with Gasteiger partial charge in [0.05, 0.1) is 19.3 Å². The number of carbonyl (C=O) groups is 2. The number of carbonyl (C=O) groups excluding carboxylic acids is 1. The number of nitrogens with one attached hydrogen (secondary N) is 1. The quantitative estimate of drug-likeness (QED) is 0.211. The minimum absolute atomic E-state index is 0.383. The van der Waals surface area contributed by atoms with Gasteiger partial charge in [0.1, 0.15) is 30.5 Å². The number of amides is 1. The Hall–Kier alpha value is -1.60. The Morgan fingerprint density at radius 3 is 2.44 bits per heavy atom. The molecule has 11 nitrogen and oxygen atoms in total. The third kappa shape index (κ3) is 4.33. The van der Waals surface area contributed by atoms with E-state index in [0.29, 0.717) is 0 Å². The van der Waals surface area contributed by atoms with Crippen LogP contribution in [-0.4, -0.2) is 98.1 Å². The molecule has 0 radical (unpaired) electrons. The van der Waals surface area contributed by atoms with Gasteiger partial charge in [-0.2, -0.15) is 0 Å². The van der Waals surface area contributed by atoms with Crippen LogP contribution in [0.1, 0.15) is 6.92 Å². The molecule has 1 aliphatic heterocycles. The summed E-state index contributed by atoms with van der Waals surface area (Å²) in [5.74, 6) is -5.27. The first-order valence-corrected chi connectivity index (χ1v) is 7.38. The summed E-state index contributed by atoms with van der Waals surface area (Å²) in [5.41, 5.74) is 0. The molecule has 0 saturated carbocycles. The van der Waals surface area contributed by atoms with Crippen LogP contribution in [0.25, 0.3) is 0 Å². The number of ether oxygens (including phenoxy) is 2. The molecule has 0 aromatic heterocycles. The standard InChI is InChI=1S/C14H23NO10/c1-3-4-24-14(13(22)23)12(21)10(20)8(15-6(2)17)11(25-14)9(19)7(18)5-16/h3,7-12,16,18-21H,1,4-5H2,2H3,(H,15,17)(H,22,23)/t7-,8-,9-,10-,11-,12-,14-/m1/s1. The molecular formula is C14H23NO10. The Kier molecular flexibility index (Phi) is 7.44. The lowest BCUT2D eigenvalue weighted by Gasteiger charge is -2.48. The van der Waals surface area contributed by atoms with E-state index < -0.39 is 60.8 Å². The van der Waals surface area contributed by atoms with Crippen LogP contribution >= 0.6 is 0 Å². The van der Waals surface area contributed by atoms with Gasteiger partial charge in [0, 0.05) is 6.92 Å². The van der Waals surface area contributed by atoms with E-state index in [4.69, 9.17) is 14.6 Å². The maximum Gasteiger partial charge on any atom is 0.367 e. The van der Waals surface area contributed by atoms with Crippen LogP contribution in [0.15, 0.2) is 12.7 Å². The van der Waals surface area contributed by atoms with Crippen molar-refractivity contribution in [1.29, 1.82) is 0 Å². The highest BCUT2D eigenvalue weighted by Crippen LogP contribution is 2.34. The molecule has 0 aromatic rings. The number of aliphatic hydroxyl groups excluding tert-OH is 5. The fourth-order valence-electron chi connectivity index (χ4n) is 2.51. The summed E-state index contributed by atoms with van der Waals surface area (Å²) in [4.78, 5) is 23.0. The number of aliphatic hydroxyl groups is 5. The number of rotatable bonds is 8. The highest BCUT2D eigenvalue weighted by molar-refractivity contribution is 5.77. The van der Waals surface area contributed by atoms with Gasteiger partial charge in [0.2, 0.25) is 5.91 Å². The molecule has 1 rings (SSSR count). The van der Waals surface area contributed by atoms with E-state index in [9.17, 15) is 35.1 Å². The maximum absolute atomic E-state index is 11.6. The zero-order valence-electron chi connectivity index (χ0n) is 13.5. The third-order valence-electron chi connectivity index (χ3n) is 3.75. The lowest BCUT2D eigenvalue weighted by Crippen LogP contribution is -2.74. The van der Waals surface area contributed by atoms with Crippen molar-refractivity contribution in [2.75, 3.05) is 13.2 Å². The van der Waals surface area contributed by atoms with Crippen molar-refractivity contribution >= 4 is 11.9 Å². The summed E-state index contributed by atoms with van der Waals surface area (Å²) in [6, 6.07) is -1.48. The summed E-state index contributed by atoms with van der Waals surface area (Å²) in [5, 5.41) is 60.8. The van der Waals surface area contributed by atoms with Crippen molar-refractivity contribution in [3.63, 3.8) is 0 Å². The van der Waals surface area contributed by atoms with Gasteiger partial charge in [0.15, 0.2) is 0 Å². The van der Waals surface area contributed by atoms with E-state index in [1.807, 2.05) is 0 Å². The zero-order valence-corrected chi connectivity index (χ0v) is 13.5. The summed E-state index contributed by atoms with van der Waals surface area (Å²) in [6.45, 7) is 3.13. The Labute approximate surface area is 143 Å². The fraction of sp³-hybridized carbons (Fsp3) is 0.714. The Morgan fingerprint density at radius 2 is 2.00 bits per heavy atom. The summed E-state index contributed by atoms with van der Waals surface area (Å²) < 4.78 is 10.2. The minimum atomic E-state index is -2.79. The van der Waals surface area contributed by atoms with Crippen LogP contribution in [0, 0.1) is 0 Å². The van der Waals surface area contributed by atoms with Crippen molar-refractivity contribution in [3.8, 4) is 0 Å². The van der Waals surface area contributed by atoms with E-state index in [0.717, 1.165) is 6.92 Å². The number of hydrogen-bond donors (Lipinski definition) is 7. The molecule has 144 valence electrons. The van der Waals surface area contributed by atoms with Crippen LogP contribution < -0.4 is 5.32 Å². The van der Waals surface area contributed by atoms with Gasteiger partial charge < -0.3 is 45.4 Å². The number of carboxylic acids is 1. The van der Waals surface area contributed by atoms with Crippen LogP contribution in [0.3, 0.4) is 0 Å². The van der Waals surface area contributed by atoms with Crippen molar-refractivity contribution in [1.82, 2.24) is 5.32 Å². The first-order valence-electron chi connectivity index (χ1n) is 7.38. The van der Waals surface area contributed by atoms with Crippen molar-refractivity contribution < 1.29 is 49.7 Å². The molecule has 1 heterocycles. The Morgan fingerprint density at radius 1 is 1.40 bits per heavy atom. The molecule has 25 heavy (non-hydrogen) atoms. The van der Waals surface area contributed by atoms with Crippen molar-refractivity contribution in [2.45, 2.75) is 49.3 Å². The van der Waals surface area contributed by atoms with Gasteiger partial charge >= 0.3 is 5.97 Å². The van der Waals surface area contributed by atoms with Gasteiger partial charge in [-0.15, -0.1) is 6.58 Å². The fourth-order valence-corrected chi connectivity index (χ4v) is 2.51. The molecule has 11 heteroatoms. The molecule has 7 N–H and O–H groups in total. The van der Waals surface area contributed by atoms with Crippen molar-refractivity contribution in [2.24, 2.45) is 0 Å². The van der Waals surface area contributed by atoms with Crippen LogP contribution in [-0.2, 0) is 19.1 Å². The summed E-state index contributed by atoms with van der Waals surface area (Å²) in [7, 11) is 0. The largest absolute Gasteiger partial charge is 0.477 e. The van der Waals surface area contributed by atoms with Crippen LogP contribution in [0.2, 0.25) is 0 Å². The second-order valence-corrected chi connectivity index (χ2v) is 5.56. The molecular weight excluding hydrogens is 342 g/mol. The lowest BCUT2D eigenvalue weighted by atomic mass is 9.86.